The van der Waals surface area contributed by atoms with Crippen molar-refractivity contribution in [1.29, 1.82) is 0 Å². The average Bonchev–Trinajstić information content (AvgIpc) is 2.97. The van der Waals surface area contributed by atoms with Gasteiger partial charge in [-0.1, -0.05) is 12.1 Å². The molecule has 13 heteroatoms. The molecule has 2 aromatic carbocycles. The highest BCUT2D eigenvalue weighted by Crippen LogP contribution is 2.31. The minimum atomic E-state index is -4.88. The van der Waals surface area contributed by atoms with E-state index >= 15 is 0 Å². The summed E-state index contributed by atoms with van der Waals surface area (Å²) < 4.78 is 45.8. The van der Waals surface area contributed by atoms with E-state index in [1.807, 2.05) is 5.32 Å². The van der Waals surface area contributed by atoms with Crippen LogP contribution in [-0.4, -0.2) is 48.8 Å². The number of alkyl halides is 3. The molecular formula is C21H19F3N4O6. The second-order valence-electron chi connectivity index (χ2n) is 7.25. The number of methoxy groups -OCH3 is 1. The van der Waals surface area contributed by atoms with Gasteiger partial charge in [-0.3, -0.25) is 19.8 Å². The lowest BCUT2D eigenvalue weighted by Crippen LogP contribution is -2.45. The van der Waals surface area contributed by atoms with Crippen LogP contribution in [0.5, 0.6) is 11.5 Å². The zero-order valence-corrected chi connectivity index (χ0v) is 17.9. The Balaban J connectivity index is 1.62. The molecule has 6 amide bonds. The molecule has 0 spiro atoms. The summed E-state index contributed by atoms with van der Waals surface area (Å²) in [6, 6.07) is 8.82. The molecule has 1 saturated heterocycles. The van der Waals surface area contributed by atoms with Gasteiger partial charge in [-0.25, -0.2) is 9.59 Å². The second-order valence-corrected chi connectivity index (χ2v) is 7.25. The van der Waals surface area contributed by atoms with E-state index in [9.17, 15) is 32.3 Å². The van der Waals surface area contributed by atoms with Gasteiger partial charge in [-0.05, 0) is 48.9 Å². The number of amides is 6. The van der Waals surface area contributed by atoms with Gasteiger partial charge in [0.05, 0.1) is 7.11 Å². The van der Waals surface area contributed by atoms with Crippen LogP contribution in [0.3, 0.4) is 0 Å². The first-order chi connectivity index (χ1) is 15.9. The van der Waals surface area contributed by atoms with Crippen molar-refractivity contribution in [3.05, 3.63) is 54.1 Å². The summed E-state index contributed by atoms with van der Waals surface area (Å²) in [7, 11) is 1.48. The maximum Gasteiger partial charge on any atom is 0.573 e. The number of carbonyl (C=O) groups is 4. The lowest BCUT2D eigenvalue weighted by molar-refractivity contribution is -0.274. The molecule has 3 rings (SSSR count). The molecule has 0 aromatic heterocycles. The van der Waals surface area contributed by atoms with Crippen molar-refractivity contribution in [2.75, 3.05) is 19.0 Å². The molecular weight excluding hydrogens is 461 g/mol. The number of hydrogen-bond acceptors (Lipinski definition) is 6. The number of anilines is 1. The molecule has 3 N–H and O–H groups in total. The molecule has 1 aliphatic rings. The minimum Gasteiger partial charge on any atom is -0.497 e. The quantitative estimate of drug-likeness (QED) is 0.546. The third-order valence-electron chi connectivity index (χ3n) is 4.84. The van der Waals surface area contributed by atoms with Gasteiger partial charge in [0.25, 0.3) is 5.91 Å². The smallest absolute Gasteiger partial charge is 0.497 e. The van der Waals surface area contributed by atoms with E-state index in [1.165, 1.54) is 38.3 Å². The molecule has 1 aliphatic heterocycles. The van der Waals surface area contributed by atoms with Crippen molar-refractivity contribution in [2.24, 2.45) is 0 Å². The molecule has 0 saturated carbocycles. The van der Waals surface area contributed by atoms with E-state index in [-0.39, 0.29) is 5.56 Å². The molecule has 1 atom stereocenters. The summed E-state index contributed by atoms with van der Waals surface area (Å²) in [6.45, 7) is 0.576. The number of nitrogens with one attached hydrogen (secondary N) is 3. The van der Waals surface area contributed by atoms with Crippen LogP contribution >= 0.6 is 0 Å². The van der Waals surface area contributed by atoms with E-state index in [1.54, 1.807) is 12.1 Å². The fourth-order valence-electron chi connectivity index (χ4n) is 3.17. The number of hydrogen-bond donors (Lipinski definition) is 3. The summed E-state index contributed by atoms with van der Waals surface area (Å²) in [4.78, 5) is 50.0. The first-order valence-corrected chi connectivity index (χ1v) is 9.66. The highest BCUT2D eigenvalue weighted by molar-refractivity contribution is 6.10. The maximum atomic E-state index is 12.9. The molecule has 1 unspecified atom stereocenters. The summed E-state index contributed by atoms with van der Waals surface area (Å²) in [6.07, 6.45) is -4.88. The number of benzene rings is 2. The highest BCUT2D eigenvalue weighted by atomic mass is 19.4. The molecule has 1 heterocycles. The maximum absolute atomic E-state index is 12.9. The minimum absolute atomic E-state index is 0.167. The summed E-state index contributed by atoms with van der Waals surface area (Å²) in [5.41, 5.74) is -1.11. The molecule has 2 aromatic rings. The predicted octanol–water partition coefficient (Wildman–Crippen LogP) is 2.71. The fourth-order valence-corrected chi connectivity index (χ4v) is 3.17. The second kappa shape index (κ2) is 9.29. The first kappa shape index (κ1) is 24.4. The van der Waals surface area contributed by atoms with Crippen molar-refractivity contribution < 1.29 is 41.8 Å². The Labute approximate surface area is 191 Å². The monoisotopic (exact) mass is 480 g/mol. The molecule has 1 fully saturated rings. The third-order valence-corrected chi connectivity index (χ3v) is 4.84. The van der Waals surface area contributed by atoms with Crippen molar-refractivity contribution in [1.82, 2.24) is 15.5 Å². The number of nitrogens with zero attached hydrogens (tertiary/aromatic N) is 1. The Morgan fingerprint density at radius 1 is 1.03 bits per heavy atom. The number of ether oxygens (including phenoxy) is 2. The van der Waals surface area contributed by atoms with Crippen LogP contribution in [0, 0.1) is 0 Å². The summed E-state index contributed by atoms with van der Waals surface area (Å²) in [5.74, 6) is -1.71. The van der Waals surface area contributed by atoms with E-state index in [0.717, 1.165) is 12.1 Å². The van der Waals surface area contributed by atoms with E-state index in [0.29, 0.717) is 16.3 Å². The van der Waals surface area contributed by atoms with Crippen LogP contribution in [0.15, 0.2) is 48.5 Å². The zero-order chi connectivity index (χ0) is 25.1. The number of halogens is 3. The Bertz CT molecular complexity index is 1100. The van der Waals surface area contributed by atoms with Gasteiger partial charge in [-0.2, -0.15) is 0 Å². The van der Waals surface area contributed by atoms with Gasteiger partial charge in [0.15, 0.2) is 0 Å². The van der Waals surface area contributed by atoms with Gasteiger partial charge in [0.1, 0.15) is 23.6 Å². The van der Waals surface area contributed by atoms with Crippen molar-refractivity contribution in [3.8, 4) is 11.5 Å². The van der Waals surface area contributed by atoms with Crippen LogP contribution in [0.25, 0.3) is 0 Å². The van der Waals surface area contributed by atoms with Gasteiger partial charge < -0.3 is 20.1 Å². The van der Waals surface area contributed by atoms with Gasteiger partial charge in [0.2, 0.25) is 5.91 Å². The standard InChI is InChI=1S/C21H19F3N4O6/c1-20(12-3-7-15(8-4-12)34-21(22,23)24)17(30)28(19(32)27-20)11-16(29)26-18(31)25-13-5-9-14(33-2)10-6-13/h3-10H,11H2,1-2H3,(H,27,32)(H2,25,26,29,31). The SMILES string of the molecule is COc1ccc(NC(=O)NC(=O)CN2C(=O)NC(C)(c3ccc(OC(F)(F)F)cc3)C2=O)cc1. The van der Waals surface area contributed by atoms with Gasteiger partial charge in [-0.15, -0.1) is 13.2 Å². The molecule has 0 radical (unpaired) electrons. The van der Waals surface area contributed by atoms with E-state index in [2.05, 4.69) is 15.4 Å². The largest absolute Gasteiger partial charge is 0.573 e. The molecule has 10 nitrogen and oxygen atoms in total. The van der Waals surface area contributed by atoms with Crippen LogP contribution in [0.2, 0.25) is 0 Å². The number of imide groups is 2. The van der Waals surface area contributed by atoms with Crippen molar-refractivity contribution >= 4 is 29.6 Å². The van der Waals surface area contributed by atoms with Gasteiger partial charge >= 0.3 is 18.4 Å². The molecule has 180 valence electrons. The Morgan fingerprint density at radius 2 is 1.62 bits per heavy atom. The molecule has 0 bridgehead atoms. The number of rotatable bonds is 6. The predicted molar refractivity (Wildman–Crippen MR) is 111 cm³/mol. The Morgan fingerprint density at radius 3 is 2.18 bits per heavy atom. The number of carbonyl (C=O) groups excluding carboxylic acids is 4. The zero-order valence-electron chi connectivity index (χ0n) is 17.9. The first-order valence-electron chi connectivity index (χ1n) is 9.66. The summed E-state index contributed by atoms with van der Waals surface area (Å²) in [5, 5.41) is 6.82. The summed E-state index contributed by atoms with van der Waals surface area (Å²) >= 11 is 0. The Kier molecular flexibility index (Phi) is 6.66. The lowest BCUT2D eigenvalue weighted by Gasteiger charge is -2.22. The van der Waals surface area contributed by atoms with Crippen LogP contribution in [-0.2, 0) is 15.1 Å². The Hall–Kier alpha value is -4.29. The normalized spacial score (nSPS) is 17.7. The van der Waals surface area contributed by atoms with Crippen molar-refractivity contribution in [2.45, 2.75) is 18.8 Å². The number of urea groups is 2. The van der Waals surface area contributed by atoms with E-state index < -0.39 is 48.1 Å². The lowest BCUT2D eigenvalue weighted by atomic mass is 9.92. The van der Waals surface area contributed by atoms with Gasteiger partial charge in [0, 0.05) is 5.69 Å². The highest BCUT2D eigenvalue weighted by Gasteiger charge is 2.49. The fraction of sp³-hybridized carbons (Fsp3) is 0.238. The van der Waals surface area contributed by atoms with Crippen LogP contribution in [0.1, 0.15) is 12.5 Å². The topological polar surface area (TPSA) is 126 Å². The third kappa shape index (κ3) is 5.54. The van der Waals surface area contributed by atoms with Crippen molar-refractivity contribution in [3.63, 3.8) is 0 Å². The van der Waals surface area contributed by atoms with Crippen LogP contribution in [0.4, 0.5) is 28.4 Å². The molecule has 0 aliphatic carbocycles. The van der Waals surface area contributed by atoms with Crippen LogP contribution < -0.4 is 25.4 Å². The van der Waals surface area contributed by atoms with E-state index in [4.69, 9.17) is 4.74 Å². The molecule has 34 heavy (non-hydrogen) atoms. The average molecular weight is 480 g/mol.